The fraction of sp³-hybridized carbons (Fsp3) is 0.500. The molecule has 1 N–H and O–H groups in total. The van der Waals surface area contributed by atoms with Crippen LogP contribution >= 0.6 is 22.6 Å². The van der Waals surface area contributed by atoms with Crippen LogP contribution in [0, 0.1) is 3.57 Å². The van der Waals surface area contributed by atoms with Gasteiger partial charge in [-0.05, 0) is 53.1 Å². The van der Waals surface area contributed by atoms with E-state index in [2.05, 4.69) is 47.7 Å². The first-order chi connectivity index (χ1) is 6.72. The van der Waals surface area contributed by atoms with Gasteiger partial charge in [0.15, 0.2) is 0 Å². The second-order valence-electron chi connectivity index (χ2n) is 3.63. The fourth-order valence-corrected chi connectivity index (χ4v) is 2.09. The van der Waals surface area contributed by atoms with Gasteiger partial charge in [0.05, 0.1) is 6.10 Å². The van der Waals surface area contributed by atoms with E-state index in [9.17, 15) is 5.11 Å². The van der Waals surface area contributed by atoms with Crippen LogP contribution in [0.5, 0.6) is 0 Å². The van der Waals surface area contributed by atoms with E-state index in [1.807, 2.05) is 6.07 Å². The maximum absolute atomic E-state index is 9.72. The summed E-state index contributed by atoms with van der Waals surface area (Å²) in [5.74, 6) is 0. The zero-order valence-corrected chi connectivity index (χ0v) is 10.7. The van der Waals surface area contributed by atoms with Crippen molar-refractivity contribution in [1.82, 2.24) is 0 Å². The number of halogens is 1. The number of rotatable bonds is 5. The molecule has 1 unspecified atom stereocenters. The van der Waals surface area contributed by atoms with Crippen molar-refractivity contribution in [1.29, 1.82) is 0 Å². The number of aliphatic hydroxyl groups excluding tert-OH is 1. The van der Waals surface area contributed by atoms with Crippen LogP contribution in [-0.4, -0.2) is 11.2 Å². The smallest absolute Gasteiger partial charge is 0.0580 e. The minimum Gasteiger partial charge on any atom is -0.393 e. The van der Waals surface area contributed by atoms with Gasteiger partial charge in [0.1, 0.15) is 0 Å². The van der Waals surface area contributed by atoms with Gasteiger partial charge in [-0.25, -0.2) is 0 Å². The first-order valence-corrected chi connectivity index (χ1v) is 6.22. The zero-order chi connectivity index (χ0) is 10.4. The van der Waals surface area contributed by atoms with Crippen LogP contribution in [0.25, 0.3) is 0 Å². The van der Waals surface area contributed by atoms with Gasteiger partial charge >= 0.3 is 0 Å². The summed E-state index contributed by atoms with van der Waals surface area (Å²) in [6.07, 6.45) is 3.81. The summed E-state index contributed by atoms with van der Waals surface area (Å²) in [4.78, 5) is 0. The van der Waals surface area contributed by atoms with E-state index in [0.717, 1.165) is 25.7 Å². The van der Waals surface area contributed by atoms with E-state index < -0.39 is 0 Å². The molecule has 14 heavy (non-hydrogen) atoms. The van der Waals surface area contributed by atoms with Crippen molar-refractivity contribution in [2.75, 3.05) is 0 Å². The number of hydrogen-bond donors (Lipinski definition) is 1. The lowest BCUT2D eigenvalue weighted by molar-refractivity contribution is 0.162. The molecular formula is C12H17IO. The highest BCUT2D eigenvalue weighted by atomic mass is 127. The Balaban J connectivity index is 2.43. The molecule has 78 valence electrons. The van der Waals surface area contributed by atoms with Crippen LogP contribution < -0.4 is 0 Å². The molecule has 1 aromatic carbocycles. The van der Waals surface area contributed by atoms with E-state index in [1.165, 1.54) is 9.13 Å². The van der Waals surface area contributed by atoms with E-state index in [1.54, 1.807) is 0 Å². The molecule has 0 spiro atoms. The molecule has 0 aromatic heterocycles. The van der Waals surface area contributed by atoms with Crippen LogP contribution in [0.15, 0.2) is 24.3 Å². The Hall–Kier alpha value is -0.0900. The molecule has 0 aliphatic rings. The van der Waals surface area contributed by atoms with Gasteiger partial charge in [0.2, 0.25) is 0 Å². The van der Waals surface area contributed by atoms with Crippen molar-refractivity contribution in [3.05, 3.63) is 33.4 Å². The molecule has 0 amide bonds. The summed E-state index contributed by atoms with van der Waals surface area (Å²) in [5, 5.41) is 9.72. The Morgan fingerprint density at radius 2 is 2.21 bits per heavy atom. The Bertz CT molecular complexity index is 273. The molecule has 0 saturated carbocycles. The van der Waals surface area contributed by atoms with E-state index in [0.29, 0.717) is 0 Å². The van der Waals surface area contributed by atoms with Crippen LogP contribution in [0.4, 0.5) is 0 Å². The van der Waals surface area contributed by atoms with Gasteiger partial charge in [-0.2, -0.15) is 0 Å². The second kappa shape index (κ2) is 6.40. The highest BCUT2D eigenvalue weighted by Crippen LogP contribution is 2.12. The topological polar surface area (TPSA) is 20.2 Å². The molecule has 1 aromatic rings. The van der Waals surface area contributed by atoms with Crippen molar-refractivity contribution in [3.8, 4) is 0 Å². The normalized spacial score (nSPS) is 12.8. The van der Waals surface area contributed by atoms with Gasteiger partial charge in [-0.15, -0.1) is 0 Å². The Labute approximate surface area is 99.7 Å². The first-order valence-electron chi connectivity index (χ1n) is 5.15. The van der Waals surface area contributed by atoms with Gasteiger partial charge < -0.3 is 5.11 Å². The lowest BCUT2D eigenvalue weighted by Gasteiger charge is -2.09. The predicted molar refractivity (Wildman–Crippen MR) is 68.4 cm³/mol. The summed E-state index contributed by atoms with van der Waals surface area (Å²) in [6.45, 7) is 2.15. The van der Waals surface area contributed by atoms with Crippen LogP contribution in [0.1, 0.15) is 31.7 Å². The van der Waals surface area contributed by atoms with E-state index >= 15 is 0 Å². The molecule has 0 aliphatic carbocycles. The number of aliphatic hydroxyl groups is 1. The zero-order valence-electron chi connectivity index (χ0n) is 8.54. The largest absolute Gasteiger partial charge is 0.393 e. The van der Waals surface area contributed by atoms with Gasteiger partial charge in [0, 0.05) is 3.57 Å². The highest BCUT2D eigenvalue weighted by Gasteiger charge is 2.04. The third-order valence-corrected chi connectivity index (χ3v) is 2.92. The number of hydrogen-bond acceptors (Lipinski definition) is 1. The highest BCUT2D eigenvalue weighted by molar-refractivity contribution is 14.1. The minimum absolute atomic E-state index is 0.173. The van der Waals surface area contributed by atoms with Crippen molar-refractivity contribution in [2.45, 2.75) is 38.7 Å². The lowest BCUT2D eigenvalue weighted by Crippen LogP contribution is -2.10. The summed E-state index contributed by atoms with van der Waals surface area (Å²) in [5.41, 5.74) is 1.24. The molecule has 1 atom stereocenters. The standard InChI is InChI=1S/C12H17IO/c1-2-3-7-12(14)9-10-5-4-6-11(13)8-10/h4-6,8,12,14H,2-3,7,9H2,1H3. The second-order valence-corrected chi connectivity index (χ2v) is 4.88. The third-order valence-electron chi connectivity index (χ3n) is 2.25. The van der Waals surface area contributed by atoms with Gasteiger partial charge in [-0.3, -0.25) is 0 Å². The molecule has 0 saturated heterocycles. The maximum Gasteiger partial charge on any atom is 0.0580 e. The SMILES string of the molecule is CCCCC(O)Cc1cccc(I)c1. The van der Waals surface area contributed by atoms with E-state index in [-0.39, 0.29) is 6.10 Å². The van der Waals surface area contributed by atoms with Crippen LogP contribution in [0.2, 0.25) is 0 Å². The maximum atomic E-state index is 9.72. The van der Waals surface area contributed by atoms with Crippen molar-refractivity contribution in [3.63, 3.8) is 0 Å². The summed E-state index contributed by atoms with van der Waals surface area (Å²) >= 11 is 2.30. The minimum atomic E-state index is -0.173. The average Bonchev–Trinajstić information content (AvgIpc) is 2.15. The molecule has 0 fully saturated rings. The average molecular weight is 304 g/mol. The Morgan fingerprint density at radius 3 is 2.86 bits per heavy atom. The van der Waals surface area contributed by atoms with Crippen molar-refractivity contribution in [2.24, 2.45) is 0 Å². The lowest BCUT2D eigenvalue weighted by atomic mass is 10.0. The van der Waals surface area contributed by atoms with Crippen molar-refractivity contribution >= 4 is 22.6 Å². The van der Waals surface area contributed by atoms with Crippen LogP contribution in [-0.2, 0) is 6.42 Å². The number of benzene rings is 1. The molecule has 1 nitrogen and oxygen atoms in total. The summed E-state index contributed by atoms with van der Waals surface area (Å²) in [7, 11) is 0. The molecule has 0 radical (unpaired) electrons. The van der Waals surface area contributed by atoms with Crippen LogP contribution in [0.3, 0.4) is 0 Å². The predicted octanol–water partition coefficient (Wildman–Crippen LogP) is 3.38. The summed E-state index contributed by atoms with van der Waals surface area (Å²) < 4.78 is 1.24. The number of unbranched alkanes of at least 4 members (excludes halogenated alkanes) is 1. The molecule has 0 aliphatic heterocycles. The molecule has 2 heteroatoms. The molecule has 1 rings (SSSR count). The monoisotopic (exact) mass is 304 g/mol. The van der Waals surface area contributed by atoms with E-state index in [4.69, 9.17) is 0 Å². The first kappa shape index (κ1) is 12.0. The molecule has 0 heterocycles. The fourth-order valence-electron chi connectivity index (χ4n) is 1.48. The Kier molecular flexibility index (Phi) is 5.48. The molecule has 0 bridgehead atoms. The van der Waals surface area contributed by atoms with Gasteiger partial charge in [0.25, 0.3) is 0 Å². The summed E-state index contributed by atoms with van der Waals surface area (Å²) in [6, 6.07) is 8.33. The Morgan fingerprint density at radius 1 is 1.43 bits per heavy atom. The quantitative estimate of drug-likeness (QED) is 0.827. The van der Waals surface area contributed by atoms with Gasteiger partial charge in [-0.1, -0.05) is 31.9 Å². The van der Waals surface area contributed by atoms with Crippen molar-refractivity contribution < 1.29 is 5.11 Å². The molecular weight excluding hydrogens is 287 g/mol. The third kappa shape index (κ3) is 4.42.